The van der Waals surface area contributed by atoms with E-state index >= 15 is 0 Å². The first-order valence-electron chi connectivity index (χ1n) is 7.12. The summed E-state index contributed by atoms with van der Waals surface area (Å²) in [6.07, 6.45) is 5.32. The molecule has 2 nitrogen and oxygen atoms in total. The largest absolute Gasteiger partial charge is 0.329 e. The van der Waals surface area contributed by atoms with E-state index in [1.165, 1.54) is 43.7 Å². The van der Waals surface area contributed by atoms with Gasteiger partial charge < -0.3 is 5.73 Å². The minimum Gasteiger partial charge on any atom is -0.329 e. The van der Waals surface area contributed by atoms with E-state index < -0.39 is 0 Å². The normalized spacial score (nSPS) is 38.5. The Bertz CT molecular complexity index is 267. The highest BCUT2D eigenvalue weighted by atomic mass is 32.2. The third kappa shape index (κ3) is 2.15. The van der Waals surface area contributed by atoms with E-state index in [-0.39, 0.29) is 5.54 Å². The van der Waals surface area contributed by atoms with Crippen LogP contribution in [-0.2, 0) is 0 Å². The van der Waals surface area contributed by atoms with Crippen molar-refractivity contribution in [1.29, 1.82) is 0 Å². The van der Waals surface area contributed by atoms with Gasteiger partial charge in [-0.15, -0.1) is 0 Å². The van der Waals surface area contributed by atoms with Gasteiger partial charge in [-0.1, -0.05) is 20.8 Å². The number of thioether (sulfide) groups is 1. The maximum Gasteiger partial charge on any atom is 0.0475 e. The number of hydrogen-bond donors (Lipinski definition) is 1. The molecule has 2 aliphatic heterocycles. The van der Waals surface area contributed by atoms with Crippen LogP contribution in [0.4, 0.5) is 0 Å². The molecule has 0 saturated carbocycles. The molecule has 2 fully saturated rings. The molecule has 2 rings (SSSR count). The van der Waals surface area contributed by atoms with Crippen molar-refractivity contribution in [2.45, 2.75) is 58.0 Å². The number of likely N-dealkylation sites (tertiary alicyclic amines) is 1. The summed E-state index contributed by atoms with van der Waals surface area (Å²) in [5, 5.41) is 0. The highest BCUT2D eigenvalue weighted by Gasteiger charge is 2.52. The summed E-state index contributed by atoms with van der Waals surface area (Å²) in [6.45, 7) is 9.29. The third-order valence-corrected chi connectivity index (χ3v) is 6.38. The van der Waals surface area contributed by atoms with Gasteiger partial charge in [-0.25, -0.2) is 0 Å². The van der Waals surface area contributed by atoms with E-state index in [9.17, 15) is 0 Å². The second-order valence-electron chi connectivity index (χ2n) is 6.32. The van der Waals surface area contributed by atoms with Crippen LogP contribution in [0.1, 0.15) is 46.5 Å². The Morgan fingerprint density at radius 2 is 2.18 bits per heavy atom. The van der Waals surface area contributed by atoms with Gasteiger partial charge in [-0.05, 0) is 43.4 Å². The Kier molecular flexibility index (Phi) is 4.11. The quantitative estimate of drug-likeness (QED) is 0.842. The molecule has 2 aliphatic rings. The van der Waals surface area contributed by atoms with Crippen LogP contribution < -0.4 is 5.73 Å². The van der Waals surface area contributed by atoms with Crippen LogP contribution in [-0.4, -0.2) is 41.1 Å². The summed E-state index contributed by atoms with van der Waals surface area (Å²) in [5.74, 6) is 2.53. The lowest BCUT2D eigenvalue weighted by atomic mass is 9.69. The molecule has 2 heterocycles. The fraction of sp³-hybridized carbons (Fsp3) is 1.00. The molecule has 17 heavy (non-hydrogen) atoms. The van der Waals surface area contributed by atoms with E-state index in [4.69, 9.17) is 5.73 Å². The Morgan fingerprint density at radius 3 is 2.76 bits per heavy atom. The molecule has 100 valence electrons. The van der Waals surface area contributed by atoms with Crippen molar-refractivity contribution in [2.75, 3.05) is 24.6 Å². The zero-order valence-electron chi connectivity index (χ0n) is 11.7. The number of nitrogens with two attached hydrogens (primary N) is 1. The van der Waals surface area contributed by atoms with Crippen LogP contribution in [0.3, 0.4) is 0 Å². The summed E-state index contributed by atoms with van der Waals surface area (Å²) < 4.78 is 0. The summed E-state index contributed by atoms with van der Waals surface area (Å²) in [7, 11) is 0. The van der Waals surface area contributed by atoms with Crippen LogP contribution in [0.25, 0.3) is 0 Å². The molecule has 2 saturated heterocycles. The van der Waals surface area contributed by atoms with E-state index in [1.807, 2.05) is 0 Å². The summed E-state index contributed by atoms with van der Waals surface area (Å²) in [4.78, 5) is 2.78. The SMILES string of the molecule is CCC1CCCN1C1(CN)CSCCC1(C)C. The van der Waals surface area contributed by atoms with Crippen molar-refractivity contribution in [1.82, 2.24) is 4.90 Å². The lowest BCUT2D eigenvalue weighted by molar-refractivity contribution is -0.00848. The van der Waals surface area contributed by atoms with Crippen molar-refractivity contribution in [2.24, 2.45) is 11.1 Å². The van der Waals surface area contributed by atoms with Crippen LogP contribution in [0.15, 0.2) is 0 Å². The molecule has 0 bridgehead atoms. The fourth-order valence-corrected chi connectivity index (χ4v) is 5.56. The average Bonchev–Trinajstić information content (AvgIpc) is 2.77. The molecule has 2 unspecified atom stereocenters. The molecule has 2 atom stereocenters. The second-order valence-corrected chi connectivity index (χ2v) is 7.43. The molecule has 3 heteroatoms. The van der Waals surface area contributed by atoms with Gasteiger partial charge in [-0.3, -0.25) is 4.90 Å². The van der Waals surface area contributed by atoms with Crippen molar-refractivity contribution < 1.29 is 0 Å². The van der Waals surface area contributed by atoms with Gasteiger partial charge in [-0.2, -0.15) is 11.8 Å². The molecule has 0 spiro atoms. The number of nitrogens with zero attached hydrogens (tertiary/aromatic N) is 1. The van der Waals surface area contributed by atoms with Gasteiger partial charge in [0, 0.05) is 23.9 Å². The molecule has 0 aromatic rings. The minimum absolute atomic E-state index is 0.243. The Balaban J connectivity index is 2.28. The Morgan fingerprint density at radius 1 is 1.41 bits per heavy atom. The molecule has 0 radical (unpaired) electrons. The smallest absolute Gasteiger partial charge is 0.0475 e. The maximum atomic E-state index is 6.26. The van der Waals surface area contributed by atoms with Gasteiger partial charge in [0.1, 0.15) is 0 Å². The number of hydrogen-bond acceptors (Lipinski definition) is 3. The first kappa shape index (κ1) is 13.7. The average molecular weight is 256 g/mol. The highest BCUT2D eigenvalue weighted by molar-refractivity contribution is 7.99. The second kappa shape index (κ2) is 5.10. The summed E-state index contributed by atoms with van der Waals surface area (Å²) in [5.41, 5.74) is 6.86. The molecule has 2 N–H and O–H groups in total. The zero-order valence-corrected chi connectivity index (χ0v) is 12.5. The van der Waals surface area contributed by atoms with Crippen molar-refractivity contribution >= 4 is 11.8 Å². The standard InChI is InChI=1S/C14H28N2S/c1-4-12-6-5-8-16(12)14(10-15)11-17-9-7-13(14,2)3/h12H,4-11,15H2,1-3H3. The fourth-order valence-electron chi connectivity index (χ4n) is 3.74. The maximum absolute atomic E-state index is 6.26. The summed E-state index contributed by atoms with van der Waals surface area (Å²) >= 11 is 2.11. The Labute approximate surface area is 111 Å². The lowest BCUT2D eigenvalue weighted by Gasteiger charge is -2.56. The predicted molar refractivity (Wildman–Crippen MR) is 77.5 cm³/mol. The highest BCUT2D eigenvalue weighted by Crippen LogP contribution is 2.48. The molecule has 0 amide bonds. The van der Waals surface area contributed by atoms with Crippen molar-refractivity contribution in [3.05, 3.63) is 0 Å². The number of rotatable bonds is 3. The molecule has 0 aromatic heterocycles. The van der Waals surface area contributed by atoms with Crippen LogP contribution >= 0.6 is 11.8 Å². The Hall–Kier alpha value is 0.270. The van der Waals surface area contributed by atoms with Gasteiger partial charge in [0.2, 0.25) is 0 Å². The zero-order chi connectivity index (χ0) is 12.5. The van der Waals surface area contributed by atoms with E-state index in [0.29, 0.717) is 5.41 Å². The third-order valence-electron chi connectivity index (χ3n) is 5.21. The topological polar surface area (TPSA) is 29.3 Å². The van der Waals surface area contributed by atoms with Crippen LogP contribution in [0.2, 0.25) is 0 Å². The summed E-state index contributed by atoms with van der Waals surface area (Å²) in [6, 6.07) is 0.775. The van der Waals surface area contributed by atoms with Crippen molar-refractivity contribution in [3.8, 4) is 0 Å². The molecule has 0 aromatic carbocycles. The van der Waals surface area contributed by atoms with Crippen molar-refractivity contribution in [3.63, 3.8) is 0 Å². The molecular weight excluding hydrogens is 228 g/mol. The minimum atomic E-state index is 0.243. The van der Waals surface area contributed by atoms with Gasteiger partial charge in [0.15, 0.2) is 0 Å². The molecule has 0 aliphatic carbocycles. The van der Waals surface area contributed by atoms with Gasteiger partial charge in [0.05, 0.1) is 0 Å². The van der Waals surface area contributed by atoms with Crippen LogP contribution in [0.5, 0.6) is 0 Å². The first-order chi connectivity index (χ1) is 8.07. The van der Waals surface area contributed by atoms with Gasteiger partial charge in [0.25, 0.3) is 0 Å². The lowest BCUT2D eigenvalue weighted by Crippen LogP contribution is -2.66. The van der Waals surface area contributed by atoms with E-state index in [2.05, 4.69) is 37.4 Å². The first-order valence-corrected chi connectivity index (χ1v) is 8.27. The van der Waals surface area contributed by atoms with E-state index in [0.717, 1.165) is 12.6 Å². The monoisotopic (exact) mass is 256 g/mol. The molecular formula is C14H28N2S. The van der Waals surface area contributed by atoms with Crippen LogP contribution in [0, 0.1) is 5.41 Å². The van der Waals surface area contributed by atoms with Gasteiger partial charge >= 0.3 is 0 Å². The predicted octanol–water partition coefficient (Wildman–Crippen LogP) is 2.72. The van der Waals surface area contributed by atoms with E-state index in [1.54, 1.807) is 0 Å².